The van der Waals surface area contributed by atoms with Gasteiger partial charge >= 0.3 is 5.97 Å². The second kappa shape index (κ2) is 6.31. The van der Waals surface area contributed by atoms with Crippen LogP contribution in [0.1, 0.15) is 11.5 Å². The molecule has 8 heteroatoms. The van der Waals surface area contributed by atoms with Gasteiger partial charge in [-0.15, -0.1) is 10.2 Å². The lowest BCUT2D eigenvalue weighted by molar-refractivity contribution is -0.270. The van der Waals surface area contributed by atoms with E-state index in [1.807, 2.05) is 0 Å². The van der Waals surface area contributed by atoms with Crippen LogP contribution < -0.4 is 9.84 Å². The van der Waals surface area contributed by atoms with E-state index in [1.54, 1.807) is 13.0 Å². The van der Waals surface area contributed by atoms with Crippen LogP contribution in [0.5, 0.6) is 11.5 Å². The van der Waals surface area contributed by atoms with Crippen molar-refractivity contribution in [2.24, 2.45) is 0 Å². The summed E-state index contributed by atoms with van der Waals surface area (Å²) in [5.74, 6) is -1.11. The molecule has 2 aromatic rings. The number of carbonyl (C=O) groups is 1. The molecule has 1 aromatic carbocycles. The summed E-state index contributed by atoms with van der Waals surface area (Å²) in [6.07, 6.45) is 1.25. The molecule has 0 fully saturated rings. The van der Waals surface area contributed by atoms with Crippen LogP contribution in [0.2, 0.25) is 0 Å². The van der Waals surface area contributed by atoms with Crippen molar-refractivity contribution in [2.45, 2.75) is 12.1 Å². The number of carboxylic acids is 1. The summed E-state index contributed by atoms with van der Waals surface area (Å²) in [7, 11) is 1.37. The van der Waals surface area contributed by atoms with E-state index in [0.717, 1.165) is 11.8 Å². The molecular weight excluding hydrogens is 296 g/mol. The minimum atomic E-state index is -1.20. The lowest BCUT2D eigenvalue weighted by Crippen LogP contribution is -2.00. The summed E-state index contributed by atoms with van der Waals surface area (Å²) < 4.78 is 10.0. The molecule has 1 heterocycles. The molecule has 21 heavy (non-hydrogen) atoms. The average molecular weight is 307 g/mol. The second-order valence-corrected chi connectivity index (χ2v) is 4.87. The van der Waals surface area contributed by atoms with Crippen molar-refractivity contribution < 1.29 is 24.2 Å². The maximum Gasteiger partial charge on any atom is 0.342 e. The van der Waals surface area contributed by atoms with E-state index < -0.39 is 5.97 Å². The number of aromatic nitrogens is 2. The van der Waals surface area contributed by atoms with E-state index in [-0.39, 0.29) is 27.2 Å². The summed E-state index contributed by atoms with van der Waals surface area (Å²) in [5, 5.41) is 28.6. The number of nitrogens with zero attached hydrogens (tertiary/aromatic N) is 2. The molecule has 2 rings (SSSR count). The lowest BCUT2D eigenvalue weighted by atomic mass is 10.1. The Balaban J connectivity index is 2.36. The largest absolute Gasteiger partial charge is 0.870 e. The first-order valence-corrected chi connectivity index (χ1v) is 6.60. The second-order valence-electron chi connectivity index (χ2n) is 3.88. The van der Waals surface area contributed by atoms with Crippen LogP contribution >= 0.6 is 11.8 Å². The summed E-state index contributed by atoms with van der Waals surface area (Å²) >= 11 is 0.776. The highest BCUT2D eigenvalue weighted by Crippen LogP contribution is 2.32. The van der Waals surface area contributed by atoms with Crippen molar-refractivity contribution in [3.63, 3.8) is 0 Å². The van der Waals surface area contributed by atoms with Crippen molar-refractivity contribution in [2.75, 3.05) is 7.11 Å². The van der Waals surface area contributed by atoms with Gasteiger partial charge < -0.3 is 19.4 Å². The third kappa shape index (κ3) is 3.54. The van der Waals surface area contributed by atoms with Gasteiger partial charge in [0.1, 0.15) is 10.7 Å². The first kappa shape index (κ1) is 14.9. The fourth-order valence-electron chi connectivity index (χ4n) is 1.50. The SMILES string of the molecule is COc1cccc(/C=C(\Sc2nnc(C)o2)C(=O)O)c1[O-]. The van der Waals surface area contributed by atoms with Crippen molar-refractivity contribution in [3.05, 3.63) is 34.6 Å². The van der Waals surface area contributed by atoms with E-state index in [9.17, 15) is 15.0 Å². The predicted molar refractivity (Wildman–Crippen MR) is 72.9 cm³/mol. The molecule has 0 bridgehead atoms. The van der Waals surface area contributed by atoms with Gasteiger partial charge in [0.05, 0.1) is 7.11 Å². The number of thioether (sulfide) groups is 1. The zero-order valence-electron chi connectivity index (χ0n) is 11.2. The fourth-order valence-corrected chi connectivity index (χ4v) is 2.20. The molecule has 0 unspecified atom stereocenters. The quantitative estimate of drug-likeness (QED) is 0.656. The minimum absolute atomic E-state index is 0.0940. The molecular formula is C13H11N2O5S-. The first-order chi connectivity index (χ1) is 10.0. The Kier molecular flexibility index (Phi) is 4.49. The highest BCUT2D eigenvalue weighted by Gasteiger charge is 2.14. The zero-order valence-corrected chi connectivity index (χ0v) is 12.0. The molecule has 110 valence electrons. The van der Waals surface area contributed by atoms with Gasteiger partial charge in [-0.25, -0.2) is 4.79 Å². The highest BCUT2D eigenvalue weighted by atomic mass is 32.2. The topological polar surface area (TPSA) is 109 Å². The van der Waals surface area contributed by atoms with E-state index in [0.29, 0.717) is 5.89 Å². The van der Waals surface area contributed by atoms with Gasteiger partial charge in [-0.05, 0) is 29.5 Å². The van der Waals surface area contributed by atoms with E-state index in [1.165, 1.54) is 25.3 Å². The van der Waals surface area contributed by atoms with Gasteiger partial charge in [-0.1, -0.05) is 17.9 Å². The van der Waals surface area contributed by atoms with Crippen LogP contribution in [0.15, 0.2) is 32.7 Å². The molecule has 0 spiro atoms. The summed E-state index contributed by atoms with van der Waals surface area (Å²) in [6.45, 7) is 1.60. The van der Waals surface area contributed by atoms with Gasteiger partial charge in [0, 0.05) is 6.92 Å². The molecule has 0 atom stereocenters. The van der Waals surface area contributed by atoms with Crippen molar-refractivity contribution in [1.29, 1.82) is 0 Å². The number of hydrogen-bond donors (Lipinski definition) is 1. The maximum absolute atomic E-state index is 12.0. The van der Waals surface area contributed by atoms with Gasteiger partial charge in [0.15, 0.2) is 0 Å². The number of rotatable bonds is 5. The van der Waals surface area contributed by atoms with E-state index >= 15 is 0 Å². The molecule has 0 amide bonds. The van der Waals surface area contributed by atoms with Crippen LogP contribution in [0.25, 0.3) is 6.08 Å². The molecule has 0 saturated heterocycles. The number of aliphatic carboxylic acids is 1. The van der Waals surface area contributed by atoms with Crippen LogP contribution in [0.4, 0.5) is 0 Å². The van der Waals surface area contributed by atoms with Gasteiger partial charge in [-0.2, -0.15) is 0 Å². The van der Waals surface area contributed by atoms with Crippen LogP contribution in [0, 0.1) is 6.92 Å². The van der Waals surface area contributed by atoms with Crippen molar-refractivity contribution in [3.8, 4) is 11.5 Å². The average Bonchev–Trinajstić information content (AvgIpc) is 2.85. The van der Waals surface area contributed by atoms with Crippen molar-refractivity contribution >= 4 is 23.8 Å². The Labute approximate surface area is 124 Å². The summed E-state index contributed by atoms with van der Waals surface area (Å²) in [6, 6.07) is 4.62. The molecule has 0 aliphatic heterocycles. The van der Waals surface area contributed by atoms with Crippen molar-refractivity contribution in [1.82, 2.24) is 10.2 Å². The first-order valence-electron chi connectivity index (χ1n) is 5.78. The van der Waals surface area contributed by atoms with Gasteiger partial charge in [0.2, 0.25) is 5.89 Å². The lowest BCUT2D eigenvalue weighted by Gasteiger charge is -2.15. The zero-order chi connectivity index (χ0) is 15.4. The Morgan fingerprint density at radius 1 is 1.48 bits per heavy atom. The maximum atomic E-state index is 12.0. The molecule has 0 aliphatic rings. The van der Waals surface area contributed by atoms with E-state index in [2.05, 4.69) is 10.2 Å². The number of para-hydroxylation sites is 1. The van der Waals surface area contributed by atoms with Crippen LogP contribution in [0.3, 0.4) is 0 Å². The highest BCUT2D eigenvalue weighted by molar-refractivity contribution is 8.03. The van der Waals surface area contributed by atoms with Gasteiger partial charge in [0.25, 0.3) is 5.22 Å². The Hall–Kier alpha value is -2.48. The number of ether oxygens (including phenoxy) is 1. The smallest absolute Gasteiger partial charge is 0.342 e. The third-order valence-electron chi connectivity index (χ3n) is 2.43. The molecule has 0 radical (unpaired) electrons. The Morgan fingerprint density at radius 3 is 2.81 bits per heavy atom. The summed E-state index contributed by atoms with van der Waals surface area (Å²) in [4.78, 5) is 11.2. The number of carboxylic acid groups (broad SMARTS) is 1. The molecule has 1 aromatic heterocycles. The molecule has 0 aliphatic carbocycles. The predicted octanol–water partition coefficient (Wildman–Crippen LogP) is 1.68. The number of methoxy groups -OCH3 is 1. The molecule has 0 saturated carbocycles. The molecule has 7 nitrogen and oxygen atoms in total. The number of aryl methyl sites for hydroxylation is 1. The monoisotopic (exact) mass is 307 g/mol. The fraction of sp³-hybridized carbons (Fsp3) is 0.154. The standard InChI is InChI=1S/C13H12N2O5S/c1-7-14-15-13(20-7)21-10(12(17)18)6-8-4-3-5-9(19-2)11(8)16/h3-6,16H,1-2H3,(H,17,18)/p-1/b10-6-. The normalized spacial score (nSPS) is 11.4. The minimum Gasteiger partial charge on any atom is -0.870 e. The van der Waals surface area contributed by atoms with Crippen LogP contribution in [-0.2, 0) is 4.79 Å². The number of benzene rings is 1. The molecule has 1 N–H and O–H groups in total. The summed E-state index contributed by atoms with van der Waals surface area (Å²) in [5.41, 5.74) is 0.204. The Bertz CT molecular complexity index is 696. The third-order valence-corrected chi connectivity index (χ3v) is 3.28. The van der Waals surface area contributed by atoms with Crippen LogP contribution in [-0.4, -0.2) is 28.4 Å². The van der Waals surface area contributed by atoms with Gasteiger partial charge in [-0.3, -0.25) is 0 Å². The number of hydrogen-bond acceptors (Lipinski definition) is 7. The van der Waals surface area contributed by atoms with E-state index in [4.69, 9.17) is 9.15 Å². The Morgan fingerprint density at radius 2 is 2.24 bits per heavy atom.